The van der Waals surface area contributed by atoms with E-state index in [0.29, 0.717) is 69.0 Å². The summed E-state index contributed by atoms with van der Waals surface area (Å²) >= 11 is 23.5. The van der Waals surface area contributed by atoms with Gasteiger partial charge in [0.1, 0.15) is 23.0 Å². The number of carboxylic acid groups (broad SMARTS) is 1. The first kappa shape index (κ1) is 46.7. The summed E-state index contributed by atoms with van der Waals surface area (Å²) in [5.41, 5.74) is -0.127. The van der Waals surface area contributed by atoms with Gasteiger partial charge in [0.15, 0.2) is 13.2 Å². The topological polar surface area (TPSA) is 147 Å². The molecule has 4 aromatic carbocycles. The van der Waals surface area contributed by atoms with Crippen LogP contribution in [0.4, 0.5) is 0 Å². The summed E-state index contributed by atoms with van der Waals surface area (Å²) in [5, 5.41) is 35.3. The van der Waals surface area contributed by atoms with E-state index >= 15 is 0 Å². The number of hydrogen-bond donors (Lipinski definition) is 4. The van der Waals surface area contributed by atoms with Crippen LogP contribution in [-0.4, -0.2) is 85.7 Å². The Morgan fingerprint density at radius 3 is 1.48 bits per heavy atom. The van der Waals surface area contributed by atoms with Crippen LogP contribution >= 0.6 is 58.8 Å². The van der Waals surface area contributed by atoms with E-state index in [2.05, 4.69) is 5.32 Å². The molecule has 0 radical (unpaired) electrons. The molecule has 2 saturated heterocycles. The van der Waals surface area contributed by atoms with Crippen LogP contribution in [0.2, 0.25) is 20.1 Å². The number of aliphatic carboxylic acids is 1. The molecule has 4 N–H and O–H groups in total. The molecule has 0 atom stereocenters. The van der Waals surface area contributed by atoms with Crippen molar-refractivity contribution in [3.63, 3.8) is 0 Å². The highest BCUT2D eigenvalue weighted by Gasteiger charge is 2.36. The number of aliphatic hydroxyl groups is 2. The normalized spacial score (nSPS) is 15.3. The van der Waals surface area contributed by atoms with E-state index in [1.807, 2.05) is 12.1 Å². The molecule has 11 nitrogen and oxygen atoms in total. The summed E-state index contributed by atoms with van der Waals surface area (Å²) in [5.74, 6) is 1.13. The zero-order valence-corrected chi connectivity index (χ0v) is 34.7. The van der Waals surface area contributed by atoms with Crippen LogP contribution in [0.5, 0.6) is 23.0 Å². The third-order valence-electron chi connectivity index (χ3n) is 9.10. The Hall–Kier alpha value is -3.65. The van der Waals surface area contributed by atoms with Crippen molar-refractivity contribution in [2.24, 2.45) is 0 Å². The number of methoxy groups -OCH3 is 2. The number of hydrogen-bond acceptors (Lipinski definition) is 9. The van der Waals surface area contributed by atoms with Gasteiger partial charge in [0, 0.05) is 23.1 Å². The minimum Gasteiger partial charge on any atom is -0.495 e. The highest BCUT2D eigenvalue weighted by Crippen LogP contribution is 2.37. The SMILES string of the molecule is COc1cc(C2(O)CCN(C(=O)COc3ccc(Cl)cc3)CC2)ccc1Cl.COc1cc(C2(O)CCNCC2)ccc1Cl.Cl.O=C(O)COc1ccc(Cl)cc1. The number of likely N-dealkylation sites (tertiary alicyclic amines) is 1. The fraction of sp³-hybridized carbons (Fsp3) is 0.350. The van der Waals surface area contributed by atoms with Gasteiger partial charge >= 0.3 is 5.97 Å². The minimum atomic E-state index is -1.01. The van der Waals surface area contributed by atoms with E-state index in [4.69, 9.17) is 70.5 Å². The van der Waals surface area contributed by atoms with Crippen molar-refractivity contribution >= 4 is 70.7 Å². The molecule has 56 heavy (non-hydrogen) atoms. The lowest BCUT2D eigenvalue weighted by molar-refractivity contribution is -0.139. The zero-order chi connectivity index (χ0) is 40.0. The summed E-state index contributed by atoms with van der Waals surface area (Å²) in [6, 6.07) is 24.1. The lowest BCUT2D eigenvalue weighted by Crippen LogP contribution is -2.46. The molecule has 0 aliphatic carbocycles. The summed E-state index contributed by atoms with van der Waals surface area (Å²) in [6.07, 6.45) is 2.31. The number of rotatable bonds is 10. The first-order valence-corrected chi connectivity index (χ1v) is 18.9. The molecule has 2 fully saturated rings. The van der Waals surface area contributed by atoms with Crippen LogP contribution in [-0.2, 0) is 20.8 Å². The van der Waals surface area contributed by atoms with Gasteiger partial charge in [-0.05, 0) is 123 Å². The predicted molar refractivity (Wildman–Crippen MR) is 220 cm³/mol. The largest absolute Gasteiger partial charge is 0.495 e. The van der Waals surface area contributed by atoms with Gasteiger partial charge in [-0.25, -0.2) is 4.79 Å². The van der Waals surface area contributed by atoms with Crippen LogP contribution in [0.25, 0.3) is 0 Å². The number of halogens is 5. The number of ether oxygens (including phenoxy) is 4. The summed E-state index contributed by atoms with van der Waals surface area (Å²) in [7, 11) is 3.12. The van der Waals surface area contributed by atoms with Crippen molar-refractivity contribution in [1.82, 2.24) is 10.2 Å². The second kappa shape index (κ2) is 22.3. The van der Waals surface area contributed by atoms with Gasteiger partial charge in [0.05, 0.1) is 35.5 Å². The second-order valence-corrected chi connectivity index (χ2v) is 14.5. The first-order chi connectivity index (χ1) is 26.2. The smallest absolute Gasteiger partial charge is 0.341 e. The number of carbonyl (C=O) groups is 2. The Kier molecular flexibility index (Phi) is 18.6. The van der Waals surface area contributed by atoms with Gasteiger partial charge in [-0.15, -0.1) is 12.4 Å². The number of nitrogens with zero attached hydrogens (tertiary/aromatic N) is 1. The number of piperidine rings is 2. The lowest BCUT2D eigenvalue weighted by atomic mass is 9.84. The lowest BCUT2D eigenvalue weighted by Gasteiger charge is -2.38. The molecule has 4 aromatic rings. The number of amides is 1. The molecular formula is C40H45Cl5N2O9. The first-order valence-electron chi connectivity index (χ1n) is 17.3. The quantitative estimate of drug-likeness (QED) is 0.124. The summed E-state index contributed by atoms with van der Waals surface area (Å²) < 4.78 is 20.8. The summed E-state index contributed by atoms with van der Waals surface area (Å²) in [4.78, 5) is 24.2. The van der Waals surface area contributed by atoms with Crippen molar-refractivity contribution in [3.8, 4) is 23.0 Å². The Morgan fingerprint density at radius 2 is 1.07 bits per heavy atom. The molecular weight excluding hydrogens is 830 g/mol. The van der Waals surface area contributed by atoms with Crippen molar-refractivity contribution in [2.75, 3.05) is 53.6 Å². The minimum absolute atomic E-state index is 0. The van der Waals surface area contributed by atoms with Crippen molar-refractivity contribution < 1.29 is 43.9 Å². The average Bonchev–Trinajstić information content (AvgIpc) is 3.18. The van der Waals surface area contributed by atoms with Crippen molar-refractivity contribution in [3.05, 3.63) is 116 Å². The molecule has 2 aliphatic rings. The highest BCUT2D eigenvalue weighted by atomic mass is 35.5. The Morgan fingerprint density at radius 1 is 0.661 bits per heavy atom. The fourth-order valence-electron chi connectivity index (χ4n) is 5.89. The van der Waals surface area contributed by atoms with E-state index in [1.165, 1.54) is 7.11 Å². The van der Waals surface area contributed by atoms with E-state index in [-0.39, 0.29) is 31.5 Å². The van der Waals surface area contributed by atoms with Crippen LogP contribution in [0.3, 0.4) is 0 Å². The van der Waals surface area contributed by atoms with Gasteiger partial charge < -0.3 is 44.5 Å². The molecule has 16 heteroatoms. The van der Waals surface area contributed by atoms with Gasteiger partial charge in [-0.1, -0.05) is 58.5 Å². The second-order valence-electron chi connectivity index (χ2n) is 12.8. The third kappa shape index (κ3) is 13.8. The Bertz CT molecular complexity index is 1850. The van der Waals surface area contributed by atoms with Gasteiger partial charge in [0.25, 0.3) is 5.91 Å². The molecule has 6 rings (SSSR count). The van der Waals surface area contributed by atoms with Gasteiger partial charge in [-0.3, -0.25) is 4.79 Å². The van der Waals surface area contributed by atoms with E-state index < -0.39 is 17.2 Å². The van der Waals surface area contributed by atoms with E-state index in [9.17, 15) is 19.8 Å². The van der Waals surface area contributed by atoms with Crippen molar-refractivity contribution in [1.29, 1.82) is 0 Å². The zero-order valence-electron chi connectivity index (χ0n) is 30.8. The maximum absolute atomic E-state index is 12.4. The number of benzene rings is 4. The molecule has 2 aliphatic heterocycles. The maximum atomic E-state index is 12.4. The van der Waals surface area contributed by atoms with Gasteiger partial charge in [0.2, 0.25) is 0 Å². The molecule has 0 spiro atoms. The monoisotopic (exact) mass is 872 g/mol. The third-order valence-corrected chi connectivity index (χ3v) is 10.2. The van der Waals surface area contributed by atoms with E-state index in [0.717, 1.165) is 37.1 Å². The van der Waals surface area contributed by atoms with Crippen LogP contribution in [0, 0.1) is 0 Å². The number of nitrogens with one attached hydrogen (secondary N) is 1. The van der Waals surface area contributed by atoms with Crippen LogP contribution in [0.15, 0.2) is 84.9 Å². The fourth-order valence-corrected chi connectivity index (χ4v) is 6.53. The van der Waals surface area contributed by atoms with Crippen LogP contribution in [0.1, 0.15) is 36.8 Å². The predicted octanol–water partition coefficient (Wildman–Crippen LogP) is 8.04. The molecule has 0 saturated carbocycles. The van der Waals surface area contributed by atoms with E-state index in [1.54, 1.807) is 84.8 Å². The Labute approximate surface area is 352 Å². The molecule has 2 heterocycles. The molecule has 0 aromatic heterocycles. The van der Waals surface area contributed by atoms with Crippen LogP contribution < -0.4 is 24.3 Å². The number of carbonyl (C=O) groups excluding carboxylic acids is 1. The summed E-state index contributed by atoms with van der Waals surface area (Å²) in [6.45, 7) is 2.19. The number of carboxylic acids is 1. The molecule has 0 bridgehead atoms. The van der Waals surface area contributed by atoms with Crippen molar-refractivity contribution in [2.45, 2.75) is 36.9 Å². The average molecular weight is 875 g/mol. The maximum Gasteiger partial charge on any atom is 0.341 e. The molecule has 1 amide bonds. The molecule has 304 valence electrons. The highest BCUT2D eigenvalue weighted by molar-refractivity contribution is 6.32. The standard InChI is InChI=1S/C20H21Cl2NO4.C12H16ClNO2.C8H7ClO3.ClH/c1-26-18-12-14(2-7-17(18)22)20(25)8-10-23(11-9-20)19(24)13-27-16-5-3-15(21)4-6-16;1-16-11-8-9(2-3-10(11)13)12(15)4-6-14-7-5-12;9-6-1-3-7(4-2-6)12-5-8(10)11;/h2-7,12,25H,8-11,13H2,1H3;2-3,8,14-15H,4-7H2,1H3;1-4H,5H2,(H,10,11);1H. The van der Waals surface area contributed by atoms with Gasteiger partial charge in [-0.2, -0.15) is 0 Å². The molecule has 0 unspecified atom stereocenters. The Balaban J connectivity index is 0.000000246.